The number of carbonyl (C=O) groups is 2. The van der Waals surface area contributed by atoms with Crippen LogP contribution in [0, 0.1) is 13.8 Å². The molecular formula is C62H40F6N6O2. The zero-order chi connectivity index (χ0) is 52.9. The van der Waals surface area contributed by atoms with Crippen LogP contribution < -0.4 is 0 Å². The molecule has 0 aliphatic rings. The van der Waals surface area contributed by atoms with Crippen LogP contribution in [0.15, 0.2) is 206 Å². The number of nitrogens with zero attached hydrogens (tertiary/aromatic N) is 6. The van der Waals surface area contributed by atoms with Crippen molar-refractivity contribution in [2.45, 2.75) is 26.2 Å². The average molecular weight is 1020 g/mol. The van der Waals surface area contributed by atoms with Gasteiger partial charge in [-0.05, 0) is 70.8 Å². The summed E-state index contributed by atoms with van der Waals surface area (Å²) in [5.74, 6) is -1.50. The number of alkyl halides is 6. The Labute approximate surface area is 430 Å². The molecule has 0 fully saturated rings. The molecule has 0 bridgehead atoms. The second kappa shape index (κ2) is 19.4. The summed E-state index contributed by atoms with van der Waals surface area (Å²) in [6.45, 7) is 3.45. The van der Waals surface area contributed by atoms with Gasteiger partial charge < -0.3 is 0 Å². The number of hydrogen-bond acceptors (Lipinski definition) is 6. The van der Waals surface area contributed by atoms with Crippen molar-refractivity contribution < 1.29 is 35.9 Å². The smallest absolute Gasteiger partial charge is 0.289 e. The molecule has 0 aliphatic carbocycles. The first kappa shape index (κ1) is 48.7. The molecule has 0 N–H and O–H groups in total. The van der Waals surface area contributed by atoms with Gasteiger partial charge in [-0.25, -0.2) is 19.3 Å². The molecule has 76 heavy (non-hydrogen) atoms. The fourth-order valence-electron chi connectivity index (χ4n) is 9.88. The van der Waals surface area contributed by atoms with Crippen LogP contribution in [0.5, 0.6) is 0 Å². The molecule has 4 aromatic heterocycles. The van der Waals surface area contributed by atoms with E-state index in [1.54, 1.807) is 123 Å². The molecule has 0 aliphatic heterocycles. The maximum atomic E-state index is 14.8. The molecule has 4 heterocycles. The van der Waals surface area contributed by atoms with Gasteiger partial charge in [0.2, 0.25) is 0 Å². The SMILES string of the molecule is Cc1nn(-c2ccccc2)c2nc(C(F)(F)F)c(C(=O)c3ccccc3)c(-c3cccc4ccccc34)c12.Cc1nn(-c2ccccc2)c2nc(C(F)(F)F)c(C(=O)c3ccccc3)c(-c3cccc4ccccc34)c12. The summed E-state index contributed by atoms with van der Waals surface area (Å²) in [6.07, 6.45) is -9.79. The zero-order valence-corrected chi connectivity index (χ0v) is 40.4. The highest BCUT2D eigenvalue weighted by atomic mass is 19.4. The lowest BCUT2D eigenvalue weighted by molar-refractivity contribution is -0.142. The lowest BCUT2D eigenvalue weighted by Gasteiger charge is -2.19. The van der Waals surface area contributed by atoms with E-state index < -0.39 is 46.4 Å². The minimum absolute atomic E-state index is 0.0357. The number of pyridine rings is 2. The van der Waals surface area contributed by atoms with E-state index in [0.717, 1.165) is 21.5 Å². The van der Waals surface area contributed by atoms with Crippen molar-refractivity contribution in [3.63, 3.8) is 0 Å². The van der Waals surface area contributed by atoms with Gasteiger partial charge in [-0.2, -0.15) is 36.5 Å². The van der Waals surface area contributed by atoms with E-state index in [0.29, 0.717) is 44.7 Å². The Morgan fingerprint density at radius 2 is 0.711 bits per heavy atom. The van der Waals surface area contributed by atoms with Gasteiger partial charge in [0.25, 0.3) is 0 Å². The zero-order valence-electron chi connectivity index (χ0n) is 40.4. The van der Waals surface area contributed by atoms with Crippen molar-refractivity contribution in [2.75, 3.05) is 0 Å². The van der Waals surface area contributed by atoms with Crippen LogP contribution in [-0.4, -0.2) is 41.1 Å². The number of halogens is 6. The maximum Gasteiger partial charge on any atom is 0.434 e. The Morgan fingerprint density at radius 3 is 1.07 bits per heavy atom. The van der Waals surface area contributed by atoms with E-state index in [1.165, 1.54) is 33.6 Å². The van der Waals surface area contributed by atoms with Crippen molar-refractivity contribution in [3.05, 3.63) is 251 Å². The molecule has 12 aromatic rings. The molecule has 12 rings (SSSR count). The van der Waals surface area contributed by atoms with E-state index in [1.807, 2.05) is 72.8 Å². The van der Waals surface area contributed by atoms with E-state index in [4.69, 9.17) is 0 Å². The molecule has 8 aromatic carbocycles. The molecule has 14 heteroatoms. The number of rotatable bonds is 8. The van der Waals surface area contributed by atoms with Gasteiger partial charge in [0.15, 0.2) is 34.2 Å². The second-order valence-corrected chi connectivity index (χ2v) is 17.9. The first-order valence-electron chi connectivity index (χ1n) is 24.0. The summed E-state index contributed by atoms with van der Waals surface area (Å²) >= 11 is 0. The van der Waals surface area contributed by atoms with Gasteiger partial charge in [-0.15, -0.1) is 0 Å². The standard InChI is InChI=1S/2C31H20F3N3O/c2*1-19-25-26(24-18-10-14-20-11-8-9-17-23(20)24)27(28(38)21-12-4-2-5-13-21)29(31(32,33)34)35-30(25)37(36-19)22-15-6-3-7-16-22/h2*2-18H,1H3. The van der Waals surface area contributed by atoms with Gasteiger partial charge in [-0.3, -0.25) is 9.59 Å². The van der Waals surface area contributed by atoms with Gasteiger partial charge in [0.1, 0.15) is 0 Å². The molecule has 8 nitrogen and oxygen atoms in total. The van der Waals surface area contributed by atoms with E-state index in [-0.39, 0.29) is 33.5 Å². The lowest BCUT2D eigenvalue weighted by atomic mass is 9.87. The second-order valence-electron chi connectivity index (χ2n) is 17.9. The third-order valence-electron chi connectivity index (χ3n) is 13.2. The van der Waals surface area contributed by atoms with Gasteiger partial charge >= 0.3 is 12.4 Å². The highest BCUT2D eigenvalue weighted by molar-refractivity contribution is 6.21. The number of aryl methyl sites for hydroxylation is 2. The third-order valence-corrected chi connectivity index (χ3v) is 13.2. The molecule has 372 valence electrons. The minimum Gasteiger partial charge on any atom is -0.289 e. The number of benzene rings is 8. The first-order chi connectivity index (χ1) is 36.7. The topological polar surface area (TPSA) is 95.6 Å². The quantitative estimate of drug-likeness (QED) is 0.111. The molecule has 0 radical (unpaired) electrons. The average Bonchev–Trinajstić information content (AvgIpc) is 3.97. The number of para-hydroxylation sites is 2. The molecule has 0 spiro atoms. The maximum absolute atomic E-state index is 14.8. The van der Waals surface area contributed by atoms with Gasteiger partial charge in [0, 0.05) is 22.3 Å². The lowest BCUT2D eigenvalue weighted by Crippen LogP contribution is -2.18. The van der Waals surface area contributed by atoms with E-state index in [2.05, 4.69) is 20.2 Å². The number of carbonyl (C=O) groups excluding carboxylic acids is 2. The summed E-state index contributed by atoms with van der Waals surface area (Å²) in [5.41, 5.74) is 0.362. The number of aromatic nitrogens is 6. The van der Waals surface area contributed by atoms with Crippen LogP contribution >= 0.6 is 0 Å². The molecule has 0 atom stereocenters. The summed E-state index contributed by atoms with van der Waals surface area (Å²) in [7, 11) is 0. The molecule has 0 saturated heterocycles. The van der Waals surface area contributed by atoms with Crippen molar-refractivity contribution in [1.29, 1.82) is 0 Å². The summed E-state index contributed by atoms with van der Waals surface area (Å²) < 4.78 is 91.4. The van der Waals surface area contributed by atoms with Crippen LogP contribution in [-0.2, 0) is 12.4 Å². The molecule has 0 saturated carbocycles. The van der Waals surface area contributed by atoms with Crippen LogP contribution in [0.2, 0.25) is 0 Å². The third kappa shape index (κ3) is 8.72. The van der Waals surface area contributed by atoms with Crippen LogP contribution in [0.3, 0.4) is 0 Å². The molecular weight excluding hydrogens is 975 g/mol. The van der Waals surface area contributed by atoms with Crippen molar-refractivity contribution in [3.8, 4) is 33.6 Å². The van der Waals surface area contributed by atoms with Crippen molar-refractivity contribution >= 4 is 55.2 Å². The van der Waals surface area contributed by atoms with Crippen LogP contribution in [0.4, 0.5) is 26.3 Å². The Kier molecular flexibility index (Phi) is 12.4. The number of hydrogen-bond donors (Lipinski definition) is 0. The Balaban J connectivity index is 0.000000162. The summed E-state index contributed by atoms with van der Waals surface area (Å²) in [5, 5.41) is 13.1. The predicted molar refractivity (Wildman–Crippen MR) is 283 cm³/mol. The predicted octanol–water partition coefficient (Wildman–Crippen LogP) is 15.6. The summed E-state index contributed by atoms with van der Waals surface area (Å²) in [4.78, 5) is 36.0. The monoisotopic (exact) mass is 1010 g/mol. The summed E-state index contributed by atoms with van der Waals surface area (Å²) in [6, 6.07) is 59.4. The van der Waals surface area contributed by atoms with Crippen molar-refractivity contribution in [1.82, 2.24) is 29.5 Å². The first-order valence-corrected chi connectivity index (χ1v) is 24.0. The Hall–Kier alpha value is -9.56. The Morgan fingerprint density at radius 1 is 0.395 bits per heavy atom. The highest BCUT2D eigenvalue weighted by Gasteiger charge is 2.43. The van der Waals surface area contributed by atoms with Crippen LogP contribution in [0.25, 0.3) is 77.2 Å². The number of ketones is 2. The highest BCUT2D eigenvalue weighted by Crippen LogP contribution is 2.46. The van der Waals surface area contributed by atoms with Crippen molar-refractivity contribution in [2.24, 2.45) is 0 Å². The largest absolute Gasteiger partial charge is 0.434 e. The normalized spacial score (nSPS) is 11.8. The Bertz CT molecular complexity index is 3910. The number of fused-ring (bicyclic) bond motifs is 4. The van der Waals surface area contributed by atoms with Gasteiger partial charge in [-0.1, -0.05) is 182 Å². The van der Waals surface area contributed by atoms with Gasteiger partial charge in [0.05, 0.1) is 44.7 Å². The fraction of sp³-hybridized carbons (Fsp3) is 0.0645. The molecule has 0 amide bonds. The van der Waals surface area contributed by atoms with E-state index >= 15 is 0 Å². The van der Waals surface area contributed by atoms with Crippen LogP contribution in [0.1, 0.15) is 54.6 Å². The minimum atomic E-state index is -4.90. The fourth-order valence-corrected chi connectivity index (χ4v) is 9.88. The van der Waals surface area contributed by atoms with E-state index in [9.17, 15) is 35.9 Å². The molecule has 0 unspecified atom stereocenters.